The molecule has 5 aromatic rings. The lowest BCUT2D eigenvalue weighted by Crippen LogP contribution is -2.07. The van der Waals surface area contributed by atoms with Crippen LogP contribution in [0.1, 0.15) is 37.7 Å². The molecule has 0 aliphatic rings. The van der Waals surface area contributed by atoms with Crippen LogP contribution in [0.4, 0.5) is 0 Å². The van der Waals surface area contributed by atoms with Crippen molar-refractivity contribution in [3.8, 4) is 5.75 Å². The number of hydrogen-bond donors (Lipinski definition) is 0. The number of para-hydroxylation sites is 2. The molecule has 6 nitrogen and oxygen atoms in total. The summed E-state index contributed by atoms with van der Waals surface area (Å²) in [5.74, 6) is 0.993. The van der Waals surface area contributed by atoms with Crippen molar-refractivity contribution in [2.45, 2.75) is 39.7 Å². The number of aromatic nitrogens is 4. The Bertz CT molecular complexity index is 1420. The van der Waals surface area contributed by atoms with Gasteiger partial charge < -0.3 is 9.30 Å². The third kappa shape index (κ3) is 3.34. The highest BCUT2D eigenvalue weighted by molar-refractivity contribution is 6.00. The Morgan fingerprint density at radius 2 is 1.77 bits per heavy atom. The van der Waals surface area contributed by atoms with E-state index in [0.717, 1.165) is 46.4 Å². The van der Waals surface area contributed by atoms with Gasteiger partial charge in [-0.15, -0.1) is 0 Å². The summed E-state index contributed by atoms with van der Waals surface area (Å²) in [5, 5.41) is 0.767. The molecule has 0 bridgehead atoms. The van der Waals surface area contributed by atoms with Gasteiger partial charge in [-0.3, -0.25) is 9.20 Å². The van der Waals surface area contributed by atoms with Crippen LogP contribution in [-0.2, 0) is 11.2 Å². The number of imidazole rings is 1. The van der Waals surface area contributed by atoms with Crippen molar-refractivity contribution < 1.29 is 9.53 Å². The van der Waals surface area contributed by atoms with Crippen molar-refractivity contribution in [3.05, 3.63) is 72.2 Å². The summed E-state index contributed by atoms with van der Waals surface area (Å²) in [6.45, 7) is 5.57. The maximum atomic E-state index is 11.8. The number of aryl methyl sites for hydroxylation is 2. The molecule has 0 unspecified atom stereocenters. The Morgan fingerprint density at radius 1 is 1.03 bits per heavy atom. The van der Waals surface area contributed by atoms with Gasteiger partial charge in [0.25, 0.3) is 0 Å². The normalized spacial score (nSPS) is 12.6. The van der Waals surface area contributed by atoms with Crippen molar-refractivity contribution in [2.24, 2.45) is 0 Å². The minimum atomic E-state index is -0.356. The third-order valence-corrected chi connectivity index (χ3v) is 5.77. The van der Waals surface area contributed by atoms with E-state index in [4.69, 9.17) is 14.7 Å². The fraction of sp³-hybridized carbons (Fsp3) is 0.240. The highest BCUT2D eigenvalue weighted by Gasteiger charge is 2.22. The molecule has 0 saturated heterocycles. The molecular formula is C25H24N4O2. The SMILES string of the molecule is CC(=O)Oc1cn([C@H](C)CCc2ccccc2)c2nc(C)n3c4ccccc4nc3c12. The van der Waals surface area contributed by atoms with Crippen molar-refractivity contribution in [1.29, 1.82) is 0 Å². The van der Waals surface area contributed by atoms with Gasteiger partial charge >= 0.3 is 5.97 Å². The van der Waals surface area contributed by atoms with Crippen molar-refractivity contribution >= 4 is 33.7 Å². The standard InChI is InChI=1S/C25H24N4O2/c1-16(13-14-19-9-5-4-6-10-19)28-15-22(31-18(3)30)23-24(28)26-17(2)29-21-12-8-7-11-20(21)27-25(23)29/h4-12,15-16H,13-14H2,1-3H3/t16-/m1/s1. The van der Waals surface area contributed by atoms with Crippen LogP contribution < -0.4 is 4.74 Å². The van der Waals surface area contributed by atoms with E-state index in [0.29, 0.717) is 5.75 Å². The predicted molar refractivity (Wildman–Crippen MR) is 122 cm³/mol. The highest BCUT2D eigenvalue weighted by Crippen LogP contribution is 2.35. The first-order valence-corrected chi connectivity index (χ1v) is 10.5. The van der Waals surface area contributed by atoms with Crippen LogP contribution in [0.5, 0.6) is 5.75 Å². The van der Waals surface area contributed by atoms with Crippen molar-refractivity contribution in [1.82, 2.24) is 18.9 Å². The average Bonchev–Trinajstić information content (AvgIpc) is 3.31. The second kappa shape index (κ2) is 7.54. The summed E-state index contributed by atoms with van der Waals surface area (Å²) >= 11 is 0. The van der Waals surface area contributed by atoms with E-state index in [1.807, 2.05) is 47.9 Å². The zero-order valence-electron chi connectivity index (χ0n) is 17.9. The monoisotopic (exact) mass is 412 g/mol. The Labute approximate surface area is 180 Å². The molecule has 156 valence electrons. The first-order chi connectivity index (χ1) is 15.0. The summed E-state index contributed by atoms with van der Waals surface area (Å²) in [5.41, 5.74) is 4.73. The lowest BCUT2D eigenvalue weighted by Gasteiger charge is -2.15. The molecule has 0 aliphatic carbocycles. The van der Waals surface area contributed by atoms with Gasteiger partial charge in [-0.25, -0.2) is 9.97 Å². The van der Waals surface area contributed by atoms with E-state index in [2.05, 4.69) is 35.8 Å². The van der Waals surface area contributed by atoms with Gasteiger partial charge in [-0.2, -0.15) is 0 Å². The second-order valence-electron chi connectivity index (χ2n) is 7.98. The number of hydrogen-bond acceptors (Lipinski definition) is 4. The van der Waals surface area contributed by atoms with Gasteiger partial charge in [0.1, 0.15) is 16.9 Å². The largest absolute Gasteiger partial charge is 0.424 e. The number of rotatable bonds is 5. The quantitative estimate of drug-likeness (QED) is 0.369. The highest BCUT2D eigenvalue weighted by atomic mass is 16.5. The van der Waals surface area contributed by atoms with E-state index in [1.165, 1.54) is 12.5 Å². The average molecular weight is 412 g/mol. The van der Waals surface area contributed by atoms with Gasteiger partial charge in [0.2, 0.25) is 0 Å². The zero-order chi connectivity index (χ0) is 21.5. The number of esters is 1. The summed E-state index contributed by atoms with van der Waals surface area (Å²) in [6, 6.07) is 18.6. The molecule has 0 N–H and O–H groups in total. The molecule has 3 aromatic heterocycles. The van der Waals surface area contributed by atoms with Crippen LogP contribution >= 0.6 is 0 Å². The second-order valence-corrected chi connectivity index (χ2v) is 7.98. The number of carbonyl (C=O) groups excluding carboxylic acids is 1. The van der Waals surface area contributed by atoms with E-state index in [1.54, 1.807) is 0 Å². The Hall–Kier alpha value is -3.67. The maximum absolute atomic E-state index is 11.8. The fourth-order valence-electron chi connectivity index (χ4n) is 4.27. The molecule has 0 radical (unpaired) electrons. The molecule has 0 amide bonds. The molecule has 31 heavy (non-hydrogen) atoms. The van der Waals surface area contributed by atoms with Gasteiger partial charge in [-0.05, 0) is 44.4 Å². The summed E-state index contributed by atoms with van der Waals surface area (Å²) in [6.07, 6.45) is 3.79. The minimum Gasteiger partial charge on any atom is -0.424 e. The number of carbonyl (C=O) groups is 1. The molecular weight excluding hydrogens is 388 g/mol. The van der Waals surface area contributed by atoms with Gasteiger partial charge in [0, 0.05) is 19.2 Å². The fourth-order valence-corrected chi connectivity index (χ4v) is 4.27. The number of ether oxygens (including phenoxy) is 1. The zero-order valence-corrected chi connectivity index (χ0v) is 17.9. The summed E-state index contributed by atoms with van der Waals surface area (Å²) in [7, 11) is 0. The third-order valence-electron chi connectivity index (χ3n) is 5.77. The van der Waals surface area contributed by atoms with Crippen LogP contribution in [0, 0.1) is 6.92 Å². The van der Waals surface area contributed by atoms with E-state index in [9.17, 15) is 4.79 Å². The Morgan fingerprint density at radius 3 is 2.55 bits per heavy atom. The molecule has 1 atom stereocenters. The van der Waals surface area contributed by atoms with Crippen LogP contribution in [0.25, 0.3) is 27.7 Å². The van der Waals surface area contributed by atoms with Gasteiger partial charge in [-0.1, -0.05) is 42.5 Å². The molecule has 0 saturated carbocycles. The first kappa shape index (κ1) is 19.3. The lowest BCUT2D eigenvalue weighted by atomic mass is 10.1. The topological polar surface area (TPSA) is 61.4 Å². The smallest absolute Gasteiger partial charge is 0.308 e. The van der Waals surface area contributed by atoms with Crippen LogP contribution in [0.2, 0.25) is 0 Å². The molecule has 5 rings (SSSR count). The summed E-state index contributed by atoms with van der Waals surface area (Å²) < 4.78 is 9.76. The van der Waals surface area contributed by atoms with Crippen molar-refractivity contribution in [3.63, 3.8) is 0 Å². The number of fused-ring (bicyclic) bond motifs is 5. The van der Waals surface area contributed by atoms with E-state index in [-0.39, 0.29) is 12.0 Å². The molecule has 0 fully saturated rings. The Kier molecular flexibility index (Phi) is 4.70. The van der Waals surface area contributed by atoms with E-state index >= 15 is 0 Å². The summed E-state index contributed by atoms with van der Waals surface area (Å²) in [4.78, 5) is 21.6. The molecule has 6 heteroatoms. The Balaban J connectivity index is 1.67. The lowest BCUT2D eigenvalue weighted by molar-refractivity contribution is -0.131. The predicted octanol–water partition coefficient (Wildman–Crippen LogP) is 5.26. The molecule has 0 aliphatic heterocycles. The van der Waals surface area contributed by atoms with Gasteiger partial charge in [0.15, 0.2) is 11.4 Å². The molecule has 3 heterocycles. The van der Waals surface area contributed by atoms with Crippen LogP contribution in [0.15, 0.2) is 60.8 Å². The number of benzene rings is 2. The van der Waals surface area contributed by atoms with Crippen molar-refractivity contribution in [2.75, 3.05) is 0 Å². The van der Waals surface area contributed by atoms with Crippen LogP contribution in [0.3, 0.4) is 0 Å². The first-order valence-electron chi connectivity index (χ1n) is 10.5. The molecule has 0 spiro atoms. The van der Waals surface area contributed by atoms with E-state index < -0.39 is 0 Å². The maximum Gasteiger partial charge on any atom is 0.308 e. The number of nitrogens with zero attached hydrogens (tertiary/aromatic N) is 4. The molecule has 2 aromatic carbocycles. The van der Waals surface area contributed by atoms with Crippen LogP contribution in [-0.4, -0.2) is 24.9 Å². The van der Waals surface area contributed by atoms with Gasteiger partial charge in [0.05, 0.1) is 11.0 Å². The minimum absolute atomic E-state index is 0.172.